The maximum atomic E-state index is 13.8. The van der Waals surface area contributed by atoms with Crippen molar-refractivity contribution in [1.82, 2.24) is 10.2 Å². The van der Waals surface area contributed by atoms with Gasteiger partial charge in [-0.05, 0) is 25.5 Å². The number of hydrogen-bond donors (Lipinski definition) is 1. The normalized spacial score (nSPS) is 14.5. The molecule has 0 fully saturated rings. The van der Waals surface area contributed by atoms with Crippen LogP contribution in [0.2, 0.25) is 0 Å². The summed E-state index contributed by atoms with van der Waals surface area (Å²) in [5, 5.41) is 3.25. The van der Waals surface area contributed by atoms with Gasteiger partial charge in [0.05, 0.1) is 0 Å². The monoisotopic (exact) mass is 304 g/mol. The summed E-state index contributed by atoms with van der Waals surface area (Å²) in [6, 6.07) is 6.70. The molecule has 0 bridgehead atoms. The zero-order valence-electron chi connectivity index (χ0n) is 13.3. The highest BCUT2D eigenvalue weighted by molar-refractivity contribution is 5.78. The van der Waals surface area contributed by atoms with Crippen molar-refractivity contribution in [2.75, 3.05) is 19.6 Å². The van der Waals surface area contributed by atoms with Crippen molar-refractivity contribution in [2.24, 2.45) is 0 Å². The van der Waals surface area contributed by atoms with Gasteiger partial charge in [-0.25, -0.2) is 4.39 Å². The highest BCUT2D eigenvalue weighted by atomic mass is 19.1. The summed E-state index contributed by atoms with van der Waals surface area (Å²) in [4.78, 5) is 14.4. The SMILES string of the molecule is CCCCN(Cc1ccccc1F)C(=O)CC1=CCNCC1. The number of unbranched alkanes of at least 4 members (excludes halogenated alkanes) is 1. The van der Waals surface area contributed by atoms with Crippen molar-refractivity contribution in [1.29, 1.82) is 0 Å². The Balaban J connectivity index is 2.02. The number of carbonyl (C=O) groups excluding carboxylic acids is 1. The molecule has 0 aromatic heterocycles. The van der Waals surface area contributed by atoms with Gasteiger partial charge in [0.25, 0.3) is 0 Å². The van der Waals surface area contributed by atoms with E-state index in [9.17, 15) is 9.18 Å². The summed E-state index contributed by atoms with van der Waals surface area (Å²) < 4.78 is 13.8. The van der Waals surface area contributed by atoms with Crippen molar-refractivity contribution in [3.8, 4) is 0 Å². The number of benzene rings is 1. The van der Waals surface area contributed by atoms with Gasteiger partial charge >= 0.3 is 0 Å². The molecule has 0 spiro atoms. The van der Waals surface area contributed by atoms with Crippen molar-refractivity contribution >= 4 is 5.91 Å². The number of amides is 1. The fourth-order valence-corrected chi connectivity index (χ4v) is 2.61. The summed E-state index contributed by atoms with van der Waals surface area (Å²) in [5.41, 5.74) is 1.78. The van der Waals surface area contributed by atoms with Crippen molar-refractivity contribution in [3.05, 3.63) is 47.3 Å². The van der Waals surface area contributed by atoms with Crippen molar-refractivity contribution in [2.45, 2.75) is 39.2 Å². The van der Waals surface area contributed by atoms with Crippen molar-refractivity contribution < 1.29 is 9.18 Å². The van der Waals surface area contributed by atoms with Crippen LogP contribution in [0, 0.1) is 5.82 Å². The third-order valence-electron chi connectivity index (χ3n) is 3.99. The van der Waals surface area contributed by atoms with E-state index in [1.807, 2.05) is 6.07 Å². The molecule has 0 unspecified atom stereocenters. The fourth-order valence-electron chi connectivity index (χ4n) is 2.61. The van der Waals surface area contributed by atoms with Gasteiger partial charge in [0.1, 0.15) is 5.82 Å². The van der Waals surface area contributed by atoms with Crippen LogP contribution in [0.1, 0.15) is 38.2 Å². The minimum atomic E-state index is -0.238. The molecular formula is C18H25FN2O. The van der Waals surface area contributed by atoms with E-state index in [1.54, 1.807) is 17.0 Å². The largest absolute Gasteiger partial charge is 0.338 e. The lowest BCUT2D eigenvalue weighted by molar-refractivity contribution is -0.131. The minimum absolute atomic E-state index is 0.102. The quantitative estimate of drug-likeness (QED) is 0.784. The molecule has 22 heavy (non-hydrogen) atoms. The molecule has 1 amide bonds. The Morgan fingerprint density at radius 1 is 1.36 bits per heavy atom. The third kappa shape index (κ3) is 4.95. The number of nitrogens with zero attached hydrogens (tertiary/aromatic N) is 1. The minimum Gasteiger partial charge on any atom is -0.338 e. The van der Waals surface area contributed by atoms with Crippen LogP contribution in [-0.4, -0.2) is 30.4 Å². The van der Waals surface area contributed by atoms with E-state index in [0.717, 1.165) is 32.4 Å². The van der Waals surface area contributed by atoms with Crippen LogP contribution in [-0.2, 0) is 11.3 Å². The molecule has 4 heteroatoms. The fraction of sp³-hybridized carbons (Fsp3) is 0.500. The Labute approximate surface area is 132 Å². The number of halogens is 1. The Bertz CT molecular complexity index is 528. The zero-order chi connectivity index (χ0) is 15.8. The first-order valence-electron chi connectivity index (χ1n) is 8.10. The maximum Gasteiger partial charge on any atom is 0.226 e. The van der Waals surface area contributed by atoms with Crippen LogP contribution in [0.3, 0.4) is 0 Å². The standard InChI is InChI=1S/C18H25FN2O/c1-2-3-12-21(14-16-6-4-5-7-17(16)19)18(22)13-15-8-10-20-11-9-15/h4-8,20H,2-3,9-14H2,1H3. The molecule has 1 aromatic carbocycles. The van der Waals surface area contributed by atoms with E-state index in [2.05, 4.69) is 18.3 Å². The van der Waals surface area contributed by atoms with Crippen LogP contribution >= 0.6 is 0 Å². The first kappa shape index (κ1) is 16.7. The van der Waals surface area contributed by atoms with E-state index >= 15 is 0 Å². The van der Waals surface area contributed by atoms with Crippen LogP contribution in [0.25, 0.3) is 0 Å². The van der Waals surface area contributed by atoms with Crippen LogP contribution < -0.4 is 5.32 Å². The molecule has 0 saturated heterocycles. The van der Waals surface area contributed by atoms with Gasteiger partial charge in [0.15, 0.2) is 0 Å². The van der Waals surface area contributed by atoms with Crippen LogP contribution in [0.5, 0.6) is 0 Å². The highest BCUT2D eigenvalue weighted by Crippen LogP contribution is 2.16. The maximum absolute atomic E-state index is 13.8. The van der Waals surface area contributed by atoms with Gasteiger partial charge in [-0.2, -0.15) is 0 Å². The topological polar surface area (TPSA) is 32.3 Å². The van der Waals surface area contributed by atoms with E-state index in [-0.39, 0.29) is 11.7 Å². The lowest BCUT2D eigenvalue weighted by atomic mass is 10.0. The molecule has 0 atom stereocenters. The molecule has 1 heterocycles. The van der Waals surface area contributed by atoms with Crippen LogP contribution in [0.15, 0.2) is 35.9 Å². The molecule has 2 rings (SSSR count). The smallest absolute Gasteiger partial charge is 0.226 e. The number of rotatable bonds is 7. The first-order valence-corrected chi connectivity index (χ1v) is 8.10. The zero-order valence-corrected chi connectivity index (χ0v) is 13.3. The van der Waals surface area contributed by atoms with E-state index < -0.39 is 0 Å². The Morgan fingerprint density at radius 2 is 2.18 bits per heavy atom. The van der Waals surface area contributed by atoms with Gasteiger partial charge in [-0.1, -0.05) is 43.2 Å². The average Bonchev–Trinajstić information content (AvgIpc) is 2.54. The molecular weight excluding hydrogens is 279 g/mol. The van der Waals surface area contributed by atoms with Gasteiger partial charge in [0.2, 0.25) is 5.91 Å². The molecule has 3 nitrogen and oxygen atoms in total. The van der Waals surface area contributed by atoms with Gasteiger partial charge in [-0.3, -0.25) is 4.79 Å². The molecule has 120 valence electrons. The second kappa shape index (κ2) is 8.69. The Hall–Kier alpha value is -1.68. The molecule has 1 aromatic rings. The first-order chi connectivity index (χ1) is 10.7. The molecule has 0 aliphatic carbocycles. The second-order valence-corrected chi connectivity index (χ2v) is 5.75. The summed E-state index contributed by atoms with van der Waals surface area (Å²) >= 11 is 0. The summed E-state index contributed by atoms with van der Waals surface area (Å²) in [6.45, 7) is 4.92. The van der Waals surface area contributed by atoms with E-state index in [1.165, 1.54) is 11.6 Å². The number of nitrogens with one attached hydrogen (secondary N) is 1. The van der Waals surface area contributed by atoms with Gasteiger partial charge in [0, 0.05) is 31.6 Å². The predicted octanol–water partition coefficient (Wildman–Crippen LogP) is 3.26. The molecule has 0 saturated carbocycles. The summed E-state index contributed by atoms with van der Waals surface area (Å²) in [6.07, 6.45) is 5.45. The van der Waals surface area contributed by atoms with Crippen molar-refractivity contribution in [3.63, 3.8) is 0 Å². The number of hydrogen-bond acceptors (Lipinski definition) is 2. The summed E-state index contributed by atoms with van der Waals surface area (Å²) in [5.74, 6) is -0.136. The number of carbonyl (C=O) groups is 1. The van der Waals surface area contributed by atoms with Crippen LogP contribution in [0.4, 0.5) is 4.39 Å². The second-order valence-electron chi connectivity index (χ2n) is 5.75. The Morgan fingerprint density at radius 3 is 2.86 bits per heavy atom. The Kier molecular flexibility index (Phi) is 6.59. The van der Waals surface area contributed by atoms with E-state index in [4.69, 9.17) is 0 Å². The lowest BCUT2D eigenvalue weighted by Crippen LogP contribution is -2.33. The van der Waals surface area contributed by atoms with Gasteiger partial charge in [-0.15, -0.1) is 0 Å². The van der Waals surface area contributed by atoms with Gasteiger partial charge < -0.3 is 10.2 Å². The van der Waals surface area contributed by atoms with E-state index in [0.29, 0.717) is 25.1 Å². The molecule has 0 radical (unpaired) electrons. The molecule has 1 aliphatic heterocycles. The highest BCUT2D eigenvalue weighted by Gasteiger charge is 2.17. The summed E-state index contributed by atoms with van der Waals surface area (Å²) in [7, 11) is 0. The predicted molar refractivity (Wildman–Crippen MR) is 86.9 cm³/mol. The molecule has 1 aliphatic rings. The average molecular weight is 304 g/mol. The third-order valence-corrected chi connectivity index (χ3v) is 3.99. The molecule has 1 N–H and O–H groups in total. The lowest BCUT2D eigenvalue weighted by Gasteiger charge is -2.24.